The van der Waals surface area contributed by atoms with E-state index in [2.05, 4.69) is 17.6 Å². The minimum Gasteiger partial charge on any atom is -0.379 e. The average Bonchev–Trinajstić information content (AvgIpc) is 2.70. The summed E-state index contributed by atoms with van der Waals surface area (Å²) in [5.74, 6) is 0. The van der Waals surface area contributed by atoms with Crippen molar-refractivity contribution in [2.24, 2.45) is 0 Å². The molecule has 0 aromatic rings. The zero-order chi connectivity index (χ0) is 24.8. The molecule has 0 aromatic carbocycles. The lowest BCUT2D eigenvalue weighted by atomic mass is 10.4. The van der Waals surface area contributed by atoms with Gasteiger partial charge in [-0.1, -0.05) is 34.6 Å². The van der Waals surface area contributed by atoms with Gasteiger partial charge in [-0.25, -0.2) is 0 Å². The zero-order valence-electron chi connectivity index (χ0n) is 20.6. The summed E-state index contributed by atoms with van der Waals surface area (Å²) in [5, 5.41) is 5.94. The molecule has 0 aliphatic carbocycles. The molecule has 0 aliphatic rings. The Labute approximate surface area is 190 Å². The van der Waals surface area contributed by atoms with E-state index in [1.165, 1.54) is 0 Å². The highest BCUT2D eigenvalue weighted by Crippen LogP contribution is 1.83. The standard InChI is InChI=1S/C12H27NO4.C5H11NO.C2H6.CH4O3S/c1-3-5-14-7-9-16-11-12-17-10-8-15-6-4-13-2;1-5(2)6-3-4-7;1-2;1-5(2,3)4/h13H,3-12H2,1-2H3;4-6H,3H2,1-2H3;1-2H3;1H3,(H,2,3,4). The van der Waals surface area contributed by atoms with Crippen LogP contribution in [0.3, 0.4) is 0 Å². The number of carbonyl (C=O) groups is 1. The zero-order valence-corrected chi connectivity index (χ0v) is 21.5. The van der Waals surface area contributed by atoms with Gasteiger partial charge in [-0.2, -0.15) is 8.42 Å². The van der Waals surface area contributed by atoms with Gasteiger partial charge in [-0.05, 0) is 13.5 Å². The molecule has 0 unspecified atom stereocenters. The Kier molecular flexibility index (Phi) is 41.2. The van der Waals surface area contributed by atoms with Crippen LogP contribution in [-0.2, 0) is 33.9 Å². The second-order valence-electron chi connectivity index (χ2n) is 6.02. The Morgan fingerprint density at radius 3 is 1.48 bits per heavy atom. The van der Waals surface area contributed by atoms with Gasteiger partial charge in [0.05, 0.1) is 59.0 Å². The molecule has 0 aliphatic heterocycles. The molecule has 0 bridgehead atoms. The summed E-state index contributed by atoms with van der Waals surface area (Å²) in [6.07, 6.45) is 2.63. The second kappa shape index (κ2) is 34.0. The number of hydrogen-bond donors (Lipinski definition) is 3. The van der Waals surface area contributed by atoms with Gasteiger partial charge >= 0.3 is 0 Å². The van der Waals surface area contributed by atoms with E-state index in [9.17, 15) is 13.2 Å². The molecule has 192 valence electrons. The first-order valence-corrected chi connectivity index (χ1v) is 12.6. The van der Waals surface area contributed by atoms with E-state index in [4.69, 9.17) is 23.5 Å². The van der Waals surface area contributed by atoms with Crippen molar-refractivity contribution in [3.05, 3.63) is 0 Å². The van der Waals surface area contributed by atoms with Gasteiger partial charge in [-0.15, -0.1) is 0 Å². The summed E-state index contributed by atoms with van der Waals surface area (Å²) in [6.45, 7) is 16.8. The van der Waals surface area contributed by atoms with Crippen molar-refractivity contribution in [1.82, 2.24) is 10.6 Å². The lowest BCUT2D eigenvalue weighted by molar-refractivity contribution is -0.107. The van der Waals surface area contributed by atoms with E-state index in [-0.39, 0.29) is 0 Å². The Bertz CT molecular complexity index is 388. The fourth-order valence-electron chi connectivity index (χ4n) is 1.36. The van der Waals surface area contributed by atoms with Crippen molar-refractivity contribution in [2.45, 2.75) is 47.1 Å². The highest BCUT2D eigenvalue weighted by molar-refractivity contribution is 7.85. The second-order valence-corrected chi connectivity index (χ2v) is 7.48. The summed E-state index contributed by atoms with van der Waals surface area (Å²) >= 11 is 0. The van der Waals surface area contributed by atoms with E-state index in [1.54, 1.807) is 0 Å². The smallest absolute Gasteiger partial charge is 0.261 e. The van der Waals surface area contributed by atoms with Crippen molar-refractivity contribution in [1.29, 1.82) is 0 Å². The monoisotopic (exact) mass is 476 g/mol. The molecule has 0 radical (unpaired) electrons. The number of aldehydes is 1. The van der Waals surface area contributed by atoms with Gasteiger partial charge in [0.25, 0.3) is 10.1 Å². The largest absolute Gasteiger partial charge is 0.379 e. The van der Waals surface area contributed by atoms with Crippen LogP contribution in [0.1, 0.15) is 41.0 Å². The number of nitrogens with one attached hydrogen (secondary N) is 2. The third-order valence-electron chi connectivity index (χ3n) is 2.57. The van der Waals surface area contributed by atoms with Crippen LogP contribution in [0, 0.1) is 0 Å². The van der Waals surface area contributed by atoms with Crippen molar-refractivity contribution < 1.29 is 36.7 Å². The first kappa shape index (κ1) is 37.6. The van der Waals surface area contributed by atoms with E-state index in [1.807, 2.05) is 34.7 Å². The predicted octanol–water partition coefficient (Wildman–Crippen LogP) is 1.40. The Hall–Kier alpha value is -0.660. The molecular formula is C20H48N2O8S. The summed E-state index contributed by atoms with van der Waals surface area (Å²) in [7, 11) is -1.76. The summed E-state index contributed by atoms with van der Waals surface area (Å²) in [6, 6.07) is 0.421. The van der Waals surface area contributed by atoms with Gasteiger partial charge in [0, 0.05) is 19.2 Å². The highest BCUT2D eigenvalue weighted by atomic mass is 32.2. The van der Waals surface area contributed by atoms with Crippen LogP contribution in [0.5, 0.6) is 0 Å². The number of ether oxygens (including phenoxy) is 4. The fraction of sp³-hybridized carbons (Fsp3) is 0.950. The molecule has 10 nitrogen and oxygen atoms in total. The molecule has 0 heterocycles. The van der Waals surface area contributed by atoms with Gasteiger partial charge in [-0.3, -0.25) is 4.55 Å². The first-order chi connectivity index (χ1) is 14.7. The molecule has 0 spiro atoms. The molecule has 0 saturated heterocycles. The lowest BCUT2D eigenvalue weighted by Crippen LogP contribution is -2.24. The summed E-state index contributed by atoms with van der Waals surface area (Å²) in [5.41, 5.74) is 0. The normalized spacial score (nSPS) is 10.2. The van der Waals surface area contributed by atoms with Crippen LogP contribution in [0.4, 0.5) is 0 Å². The molecule has 0 aromatic heterocycles. The molecule has 0 atom stereocenters. The highest BCUT2D eigenvalue weighted by Gasteiger charge is 1.92. The maximum atomic E-state index is 9.65. The van der Waals surface area contributed by atoms with E-state index < -0.39 is 10.1 Å². The minimum absolute atomic E-state index is 0.421. The SMILES string of the molecule is CC.CC(C)NCC=O.CCCOCCOCCOCCOCCNC.CS(=O)(=O)O. The maximum Gasteiger partial charge on any atom is 0.261 e. The van der Waals surface area contributed by atoms with E-state index >= 15 is 0 Å². The summed E-state index contributed by atoms with van der Waals surface area (Å²) in [4.78, 5) is 9.65. The van der Waals surface area contributed by atoms with Crippen LogP contribution < -0.4 is 10.6 Å². The molecule has 0 rings (SSSR count). The third-order valence-corrected chi connectivity index (χ3v) is 2.57. The third kappa shape index (κ3) is 72.9. The quantitative estimate of drug-likeness (QED) is 0.161. The molecule has 31 heavy (non-hydrogen) atoms. The van der Waals surface area contributed by atoms with Crippen LogP contribution in [0.2, 0.25) is 0 Å². The molecule has 3 N–H and O–H groups in total. The molecule has 0 saturated carbocycles. The van der Waals surface area contributed by atoms with Gasteiger partial charge < -0.3 is 34.4 Å². The number of carbonyl (C=O) groups excluding carboxylic acids is 1. The molecule has 0 amide bonds. The van der Waals surface area contributed by atoms with E-state index in [0.29, 0.717) is 58.5 Å². The molecule has 0 fully saturated rings. The number of rotatable bonds is 17. The molecular weight excluding hydrogens is 428 g/mol. The number of likely N-dealkylation sites (N-methyl/N-ethyl adjacent to an activating group) is 1. The Morgan fingerprint density at radius 2 is 1.23 bits per heavy atom. The topological polar surface area (TPSA) is 132 Å². The van der Waals surface area contributed by atoms with Crippen LogP contribution >= 0.6 is 0 Å². The van der Waals surface area contributed by atoms with Crippen molar-refractivity contribution >= 4 is 16.4 Å². The Morgan fingerprint density at radius 1 is 0.871 bits per heavy atom. The van der Waals surface area contributed by atoms with Gasteiger partial charge in [0.15, 0.2) is 0 Å². The fourth-order valence-corrected chi connectivity index (χ4v) is 1.36. The van der Waals surface area contributed by atoms with Crippen LogP contribution in [0.25, 0.3) is 0 Å². The Balaban J connectivity index is -0.000000213. The lowest BCUT2D eigenvalue weighted by Gasteiger charge is -2.07. The summed E-state index contributed by atoms with van der Waals surface area (Å²) < 4.78 is 47.1. The van der Waals surface area contributed by atoms with Crippen LogP contribution in [0.15, 0.2) is 0 Å². The minimum atomic E-state index is -3.67. The van der Waals surface area contributed by atoms with Crippen molar-refractivity contribution in [3.63, 3.8) is 0 Å². The predicted molar refractivity (Wildman–Crippen MR) is 126 cm³/mol. The van der Waals surface area contributed by atoms with Gasteiger partial charge in [0.2, 0.25) is 0 Å². The molecule has 11 heteroatoms. The average molecular weight is 477 g/mol. The van der Waals surface area contributed by atoms with Crippen LogP contribution in [-0.4, -0.2) is 105 Å². The first-order valence-electron chi connectivity index (χ1n) is 10.7. The van der Waals surface area contributed by atoms with E-state index in [0.717, 1.165) is 32.5 Å². The van der Waals surface area contributed by atoms with Gasteiger partial charge in [0.1, 0.15) is 6.29 Å². The number of hydrogen-bond acceptors (Lipinski definition) is 9. The van der Waals surface area contributed by atoms with Crippen molar-refractivity contribution in [2.75, 3.05) is 79.2 Å². The van der Waals surface area contributed by atoms with Crippen molar-refractivity contribution in [3.8, 4) is 0 Å². The maximum absolute atomic E-state index is 9.65.